The third-order valence-corrected chi connectivity index (χ3v) is 19.0. The van der Waals surface area contributed by atoms with Crippen LogP contribution in [0.15, 0.2) is 308 Å². The first kappa shape index (κ1) is 49.6. The Morgan fingerprint density at radius 1 is 0.218 bits per heavy atom. The van der Waals surface area contributed by atoms with Crippen molar-refractivity contribution >= 4 is 124 Å². The molecule has 0 atom stereocenters. The Kier molecular flexibility index (Phi) is 11.2. The monoisotopic (exact) mass is 1170 g/mol. The van der Waals surface area contributed by atoms with Crippen molar-refractivity contribution in [3.05, 3.63) is 308 Å². The van der Waals surface area contributed by atoms with Crippen molar-refractivity contribution in [1.29, 1.82) is 0 Å². The Hall–Kier alpha value is -10.8. The van der Waals surface area contributed by atoms with E-state index in [1.54, 1.807) is 0 Å². The highest BCUT2D eigenvalue weighted by Gasteiger charge is 2.26. The lowest BCUT2D eigenvalue weighted by Crippen LogP contribution is -1.95. The molecule has 404 valence electrons. The van der Waals surface area contributed by atoms with E-state index in [-0.39, 0.29) is 0 Å². The van der Waals surface area contributed by atoms with E-state index in [9.17, 15) is 0 Å². The maximum Gasteiger partial charge on any atom is 0.0548 e. The Morgan fingerprint density at radius 3 is 1.02 bits per heavy atom. The fraction of sp³-hybridized carbons (Fsp3) is 0. The predicted octanol–water partition coefficient (Wildman–Crippen LogP) is 24.1. The van der Waals surface area contributed by atoms with Crippen LogP contribution in [0.1, 0.15) is 0 Å². The van der Waals surface area contributed by atoms with Crippen molar-refractivity contribution in [1.82, 2.24) is 9.55 Å². The van der Waals surface area contributed by atoms with Crippen molar-refractivity contribution in [2.24, 2.45) is 0 Å². The van der Waals surface area contributed by atoms with Crippen molar-refractivity contribution in [3.63, 3.8) is 0 Å². The third kappa shape index (κ3) is 7.66. The van der Waals surface area contributed by atoms with Crippen LogP contribution < -0.4 is 0 Å². The van der Waals surface area contributed by atoms with Gasteiger partial charge in [0.15, 0.2) is 0 Å². The molecule has 2 nitrogen and oxygen atoms in total. The highest BCUT2D eigenvalue weighted by Crippen LogP contribution is 2.51. The van der Waals surface area contributed by atoms with E-state index in [0.29, 0.717) is 0 Å². The van der Waals surface area contributed by atoms with Crippen LogP contribution >= 0.6 is 15.9 Å². The molecule has 20 rings (SSSR count). The fourth-order valence-electron chi connectivity index (χ4n) is 14.9. The number of halogens is 1. The van der Waals surface area contributed by atoms with Crippen LogP contribution in [-0.2, 0) is 0 Å². The molecule has 0 saturated carbocycles. The number of nitrogens with zero attached hydrogens (tertiary/aromatic N) is 1. The first-order valence-corrected chi connectivity index (χ1v) is 30.7. The Balaban J connectivity index is 0.000000109. The van der Waals surface area contributed by atoms with Gasteiger partial charge in [-0.3, -0.25) is 0 Å². The molecule has 0 aliphatic heterocycles. The standard InChI is InChI=1S/C42H25N.C24H13N.C18H13Br/c1-2-9-26(10-3-1)32-15-4-5-16-33(32)30-13-6-14-31(25-30)43-36-23-21-28-12-8-18-35-34-17-7-11-27-19-20-29-22-24-37(43)42(40(29)38(27)34)41(36)39(28)35;1-3-13-7-8-15-10-12-19-24-22(15)20(13)16(5-1)17-6-2-4-14-9-11-18(25-19)23(24)21(14)17;19-16-10-6-9-15(13-16)18-12-5-4-11-17(18)14-7-2-1-3-8-14/h1-25H;1-12,25H;1-13H. The van der Waals surface area contributed by atoms with E-state index >= 15 is 0 Å². The molecular formula is C84H51BrN2. The van der Waals surface area contributed by atoms with E-state index in [2.05, 4.69) is 323 Å². The van der Waals surface area contributed by atoms with Crippen molar-refractivity contribution in [3.8, 4) is 72.4 Å². The minimum atomic E-state index is 1.10. The zero-order valence-corrected chi connectivity index (χ0v) is 48.8. The Morgan fingerprint density at radius 2 is 0.540 bits per heavy atom. The molecule has 0 amide bonds. The van der Waals surface area contributed by atoms with Gasteiger partial charge in [-0.05, 0) is 169 Å². The second kappa shape index (κ2) is 19.6. The van der Waals surface area contributed by atoms with E-state index in [1.165, 1.54) is 181 Å². The summed E-state index contributed by atoms with van der Waals surface area (Å²) in [5, 5.41) is 21.5. The summed E-state index contributed by atoms with van der Waals surface area (Å²) in [6, 6.07) is 110. The number of hydrogen-bond donors (Lipinski definition) is 1. The molecule has 18 aromatic rings. The molecular weight excluding hydrogens is 1120 g/mol. The van der Waals surface area contributed by atoms with Crippen LogP contribution in [0.3, 0.4) is 0 Å². The van der Waals surface area contributed by atoms with E-state index in [0.717, 1.165) is 4.47 Å². The summed E-state index contributed by atoms with van der Waals surface area (Å²) < 4.78 is 3.59. The van der Waals surface area contributed by atoms with Crippen LogP contribution in [0.5, 0.6) is 0 Å². The number of aromatic amines is 1. The molecule has 0 saturated heterocycles. The first-order chi connectivity index (χ1) is 43.1. The zero-order chi connectivity index (χ0) is 57.3. The average molecular weight is 1170 g/mol. The van der Waals surface area contributed by atoms with Crippen LogP contribution in [0.25, 0.3) is 181 Å². The molecule has 2 heterocycles. The smallest absolute Gasteiger partial charge is 0.0548 e. The van der Waals surface area contributed by atoms with Crippen molar-refractivity contribution in [2.75, 3.05) is 0 Å². The molecule has 1 N–H and O–H groups in total. The Bertz CT molecular complexity index is 5880. The number of H-pyrrole nitrogens is 1. The van der Waals surface area contributed by atoms with Gasteiger partial charge in [-0.25, -0.2) is 0 Å². The minimum Gasteiger partial charge on any atom is -0.354 e. The van der Waals surface area contributed by atoms with Gasteiger partial charge in [-0.15, -0.1) is 0 Å². The van der Waals surface area contributed by atoms with E-state index in [1.807, 2.05) is 6.07 Å². The van der Waals surface area contributed by atoms with Gasteiger partial charge in [0, 0.05) is 53.5 Å². The van der Waals surface area contributed by atoms with Gasteiger partial charge >= 0.3 is 0 Å². The summed E-state index contributed by atoms with van der Waals surface area (Å²) in [6.07, 6.45) is 0. The van der Waals surface area contributed by atoms with E-state index < -0.39 is 0 Å². The van der Waals surface area contributed by atoms with Crippen molar-refractivity contribution < 1.29 is 0 Å². The topological polar surface area (TPSA) is 20.7 Å². The molecule has 3 heteroatoms. The number of aromatic nitrogens is 2. The highest BCUT2D eigenvalue weighted by atomic mass is 79.9. The molecule has 2 aromatic heterocycles. The second-order valence-electron chi connectivity index (χ2n) is 23.2. The summed E-state index contributed by atoms with van der Waals surface area (Å²) in [7, 11) is 0. The Labute approximate surface area is 510 Å². The molecule has 2 aliphatic carbocycles. The zero-order valence-electron chi connectivity index (χ0n) is 47.2. The van der Waals surface area contributed by atoms with Gasteiger partial charge in [0.1, 0.15) is 0 Å². The summed E-state index contributed by atoms with van der Waals surface area (Å²) in [4.78, 5) is 3.65. The summed E-state index contributed by atoms with van der Waals surface area (Å²) in [5.74, 6) is 0. The summed E-state index contributed by atoms with van der Waals surface area (Å²) >= 11 is 3.54. The van der Waals surface area contributed by atoms with Gasteiger partial charge in [-0.2, -0.15) is 0 Å². The maximum atomic E-state index is 3.65. The summed E-state index contributed by atoms with van der Waals surface area (Å²) in [6.45, 7) is 0. The molecule has 0 bridgehead atoms. The lowest BCUT2D eigenvalue weighted by molar-refractivity contribution is 1.18. The normalized spacial score (nSPS) is 12.0. The lowest BCUT2D eigenvalue weighted by atomic mass is 9.93. The largest absolute Gasteiger partial charge is 0.354 e. The molecule has 0 radical (unpaired) electrons. The van der Waals surface area contributed by atoms with Gasteiger partial charge in [0.25, 0.3) is 0 Å². The fourth-order valence-corrected chi connectivity index (χ4v) is 15.3. The molecule has 16 aromatic carbocycles. The summed E-state index contributed by atoms with van der Waals surface area (Å²) in [5.41, 5.74) is 21.4. The van der Waals surface area contributed by atoms with Gasteiger partial charge in [-0.1, -0.05) is 271 Å². The van der Waals surface area contributed by atoms with Gasteiger partial charge in [0.05, 0.1) is 11.0 Å². The quantitative estimate of drug-likeness (QED) is 0.166. The van der Waals surface area contributed by atoms with Crippen LogP contribution in [0.2, 0.25) is 0 Å². The molecule has 0 fully saturated rings. The number of hydrogen-bond acceptors (Lipinski definition) is 0. The molecule has 87 heavy (non-hydrogen) atoms. The first-order valence-electron chi connectivity index (χ1n) is 29.9. The number of nitrogens with one attached hydrogen (secondary N) is 1. The molecule has 0 spiro atoms. The van der Waals surface area contributed by atoms with E-state index in [4.69, 9.17) is 0 Å². The van der Waals surface area contributed by atoms with Crippen LogP contribution in [0, 0.1) is 0 Å². The average Bonchev–Trinajstić information content (AvgIpc) is 1.57. The number of benzene rings is 16. The highest BCUT2D eigenvalue weighted by molar-refractivity contribution is 9.10. The van der Waals surface area contributed by atoms with Crippen molar-refractivity contribution in [2.45, 2.75) is 0 Å². The van der Waals surface area contributed by atoms with Gasteiger partial charge < -0.3 is 9.55 Å². The third-order valence-electron chi connectivity index (χ3n) is 18.5. The molecule has 0 unspecified atom stereocenters. The van der Waals surface area contributed by atoms with Crippen LogP contribution in [-0.4, -0.2) is 9.55 Å². The lowest BCUT2D eigenvalue weighted by Gasteiger charge is -2.15. The van der Waals surface area contributed by atoms with Gasteiger partial charge in [0.2, 0.25) is 0 Å². The van der Waals surface area contributed by atoms with Crippen LogP contribution in [0.4, 0.5) is 0 Å². The maximum absolute atomic E-state index is 3.65. The number of rotatable bonds is 5. The second-order valence-corrected chi connectivity index (χ2v) is 24.1. The minimum absolute atomic E-state index is 1.10. The predicted molar refractivity (Wildman–Crippen MR) is 375 cm³/mol. The number of fused-ring (bicyclic) bond motifs is 2. The molecule has 2 aliphatic rings. The SMILES string of the molecule is Brc1cccc(-c2ccccc2-c2ccccc2)c1.c1cc2c3c(c1)ccc1ccc4[nH]c5ccc6cccc-2c6c5c4c13.c1ccc(-c2ccccc2-c2cccc(-n3c4ccc5cccc6c5c4c4c5c(ccc7cccc-6c75)ccc43)c2)cc1.